The maximum atomic E-state index is 2.27. The van der Waals surface area contributed by atoms with E-state index in [2.05, 4.69) is 49.4 Å². The number of aryl methyl sites for hydroxylation is 1. The Bertz CT molecular complexity index is 523. The average molecular weight is 247 g/mol. The van der Waals surface area contributed by atoms with Gasteiger partial charge in [0.05, 0.1) is 0 Å². The molecular formula is C13H13NS2. The smallest absolute Gasteiger partial charge is 0.0265 e. The molecule has 3 N–H and O–H groups in total. The molecule has 3 rings (SSSR count). The van der Waals surface area contributed by atoms with Crippen LogP contribution in [-0.4, -0.2) is 0 Å². The van der Waals surface area contributed by atoms with Gasteiger partial charge in [0, 0.05) is 19.6 Å². The molecule has 1 aliphatic heterocycles. The minimum absolute atomic E-state index is 0. The summed E-state index contributed by atoms with van der Waals surface area (Å²) < 4.78 is 0. The standard InChI is InChI=1S/C13H10S2.H3N/c1-9-6-7-12-13(8-9)15-11-5-3-2-4-10(11)14-12;/h2-8H,1H3;1H3. The Hall–Kier alpha value is -0.900. The van der Waals surface area contributed by atoms with Gasteiger partial charge in [-0.2, -0.15) is 0 Å². The van der Waals surface area contributed by atoms with Crippen molar-refractivity contribution in [1.82, 2.24) is 6.15 Å². The molecule has 0 aliphatic carbocycles. The average Bonchev–Trinajstić information content (AvgIpc) is 2.26. The highest BCUT2D eigenvalue weighted by atomic mass is 32.2. The van der Waals surface area contributed by atoms with Gasteiger partial charge in [-0.3, -0.25) is 0 Å². The normalized spacial score (nSPS) is 12.3. The highest BCUT2D eigenvalue weighted by Crippen LogP contribution is 2.48. The molecule has 1 heterocycles. The molecule has 3 heteroatoms. The van der Waals surface area contributed by atoms with Crippen molar-refractivity contribution >= 4 is 23.5 Å². The van der Waals surface area contributed by atoms with Gasteiger partial charge in [-0.05, 0) is 36.8 Å². The molecule has 0 unspecified atom stereocenters. The van der Waals surface area contributed by atoms with Crippen molar-refractivity contribution in [1.29, 1.82) is 0 Å². The summed E-state index contributed by atoms with van der Waals surface area (Å²) in [6.07, 6.45) is 0. The van der Waals surface area contributed by atoms with Gasteiger partial charge in [-0.1, -0.05) is 41.7 Å². The summed E-state index contributed by atoms with van der Waals surface area (Å²) in [5.74, 6) is 0. The lowest BCUT2D eigenvalue weighted by Gasteiger charge is -2.18. The van der Waals surface area contributed by atoms with Crippen LogP contribution in [0.5, 0.6) is 0 Å². The van der Waals surface area contributed by atoms with Crippen molar-refractivity contribution in [3.8, 4) is 0 Å². The summed E-state index contributed by atoms with van der Waals surface area (Å²) in [6, 6.07) is 15.3. The van der Waals surface area contributed by atoms with Crippen LogP contribution in [0.2, 0.25) is 0 Å². The third-order valence-corrected chi connectivity index (χ3v) is 4.93. The molecule has 82 valence electrons. The van der Waals surface area contributed by atoms with E-state index in [-0.39, 0.29) is 6.15 Å². The highest BCUT2D eigenvalue weighted by Gasteiger charge is 2.15. The van der Waals surface area contributed by atoms with Gasteiger partial charge in [0.2, 0.25) is 0 Å². The zero-order chi connectivity index (χ0) is 10.3. The predicted octanol–water partition coefficient (Wildman–Crippen LogP) is 4.77. The van der Waals surface area contributed by atoms with Gasteiger partial charge in [0.1, 0.15) is 0 Å². The van der Waals surface area contributed by atoms with E-state index in [0.29, 0.717) is 0 Å². The van der Waals surface area contributed by atoms with Crippen LogP contribution in [-0.2, 0) is 0 Å². The third kappa shape index (κ3) is 1.98. The molecule has 0 bridgehead atoms. The van der Waals surface area contributed by atoms with Gasteiger partial charge in [0.25, 0.3) is 0 Å². The molecule has 0 fully saturated rings. The van der Waals surface area contributed by atoms with Crippen LogP contribution in [0.1, 0.15) is 5.56 Å². The zero-order valence-corrected chi connectivity index (χ0v) is 10.7. The second-order valence-electron chi connectivity index (χ2n) is 3.60. The molecule has 2 aromatic carbocycles. The predicted molar refractivity (Wildman–Crippen MR) is 70.9 cm³/mol. The van der Waals surface area contributed by atoms with E-state index in [1.807, 2.05) is 23.5 Å². The quantitative estimate of drug-likeness (QED) is 0.621. The van der Waals surface area contributed by atoms with Crippen LogP contribution in [0.25, 0.3) is 0 Å². The minimum Gasteiger partial charge on any atom is -0.344 e. The molecule has 0 spiro atoms. The molecule has 16 heavy (non-hydrogen) atoms. The van der Waals surface area contributed by atoms with E-state index >= 15 is 0 Å². The lowest BCUT2D eigenvalue weighted by atomic mass is 10.2. The van der Waals surface area contributed by atoms with E-state index in [1.165, 1.54) is 25.1 Å². The summed E-state index contributed by atoms with van der Waals surface area (Å²) in [5, 5.41) is 0. The molecular weight excluding hydrogens is 234 g/mol. The first-order valence-corrected chi connectivity index (χ1v) is 6.51. The summed E-state index contributed by atoms with van der Waals surface area (Å²) in [4.78, 5) is 5.52. The van der Waals surface area contributed by atoms with E-state index in [1.54, 1.807) is 0 Å². The summed E-state index contributed by atoms with van der Waals surface area (Å²) >= 11 is 3.75. The van der Waals surface area contributed by atoms with Crippen LogP contribution in [0.3, 0.4) is 0 Å². The van der Waals surface area contributed by atoms with Crippen LogP contribution in [0, 0.1) is 6.92 Å². The summed E-state index contributed by atoms with van der Waals surface area (Å²) in [6.45, 7) is 2.14. The molecule has 0 saturated heterocycles. The maximum Gasteiger partial charge on any atom is 0.0265 e. The summed E-state index contributed by atoms with van der Waals surface area (Å²) in [7, 11) is 0. The van der Waals surface area contributed by atoms with Crippen molar-refractivity contribution in [2.24, 2.45) is 0 Å². The molecule has 0 aromatic heterocycles. The Morgan fingerprint density at radius 2 is 1.31 bits per heavy atom. The van der Waals surface area contributed by atoms with Crippen molar-refractivity contribution in [2.75, 3.05) is 0 Å². The molecule has 0 saturated carbocycles. The Balaban J connectivity index is 0.000000963. The second-order valence-corrected chi connectivity index (χ2v) is 5.77. The SMILES string of the molecule is Cc1ccc2c(c1)Sc1ccccc1S2.N. The molecule has 1 aliphatic rings. The minimum atomic E-state index is 0. The second kappa shape index (κ2) is 4.53. The molecule has 2 aromatic rings. The van der Waals surface area contributed by atoms with E-state index in [4.69, 9.17) is 0 Å². The zero-order valence-electron chi connectivity index (χ0n) is 9.07. The van der Waals surface area contributed by atoms with Gasteiger partial charge in [-0.15, -0.1) is 0 Å². The highest BCUT2D eigenvalue weighted by molar-refractivity contribution is 8.05. The van der Waals surface area contributed by atoms with Crippen LogP contribution in [0.4, 0.5) is 0 Å². The van der Waals surface area contributed by atoms with Crippen LogP contribution >= 0.6 is 23.5 Å². The number of hydrogen-bond acceptors (Lipinski definition) is 3. The van der Waals surface area contributed by atoms with E-state index < -0.39 is 0 Å². The lowest BCUT2D eigenvalue weighted by molar-refractivity contribution is 1.14. The fraction of sp³-hybridized carbons (Fsp3) is 0.0769. The summed E-state index contributed by atoms with van der Waals surface area (Å²) in [5.41, 5.74) is 1.33. The van der Waals surface area contributed by atoms with Gasteiger partial charge in [-0.25, -0.2) is 0 Å². The van der Waals surface area contributed by atoms with Crippen molar-refractivity contribution < 1.29 is 0 Å². The van der Waals surface area contributed by atoms with Gasteiger partial charge < -0.3 is 6.15 Å². The van der Waals surface area contributed by atoms with E-state index in [9.17, 15) is 0 Å². The van der Waals surface area contributed by atoms with Crippen molar-refractivity contribution in [2.45, 2.75) is 26.5 Å². The number of fused-ring (bicyclic) bond motifs is 2. The fourth-order valence-corrected chi connectivity index (χ4v) is 3.95. The first kappa shape index (κ1) is 11.6. The number of hydrogen-bond donors (Lipinski definition) is 1. The Morgan fingerprint density at radius 3 is 2.00 bits per heavy atom. The topological polar surface area (TPSA) is 35.0 Å². The first-order chi connectivity index (χ1) is 7.33. The molecule has 1 nitrogen and oxygen atoms in total. The fourth-order valence-electron chi connectivity index (χ4n) is 1.64. The van der Waals surface area contributed by atoms with Gasteiger partial charge in [0.15, 0.2) is 0 Å². The van der Waals surface area contributed by atoms with Crippen molar-refractivity contribution in [3.05, 3.63) is 48.0 Å². The number of benzene rings is 2. The largest absolute Gasteiger partial charge is 0.344 e. The molecule has 0 radical (unpaired) electrons. The Kier molecular flexibility index (Phi) is 3.28. The van der Waals surface area contributed by atoms with Crippen LogP contribution in [0.15, 0.2) is 62.0 Å². The Labute approximate surface area is 104 Å². The first-order valence-electron chi connectivity index (χ1n) is 4.88. The van der Waals surface area contributed by atoms with Crippen LogP contribution < -0.4 is 6.15 Å². The molecule has 0 atom stereocenters. The Morgan fingerprint density at radius 1 is 0.750 bits per heavy atom. The lowest BCUT2D eigenvalue weighted by Crippen LogP contribution is -1.89. The third-order valence-electron chi connectivity index (χ3n) is 2.39. The maximum absolute atomic E-state index is 2.27. The van der Waals surface area contributed by atoms with Gasteiger partial charge >= 0.3 is 0 Å². The number of rotatable bonds is 0. The molecule has 0 amide bonds. The van der Waals surface area contributed by atoms with E-state index in [0.717, 1.165) is 0 Å². The monoisotopic (exact) mass is 247 g/mol. The van der Waals surface area contributed by atoms with Crippen molar-refractivity contribution in [3.63, 3.8) is 0 Å².